The molecule has 0 fully saturated rings. The number of amides is 2. The van der Waals surface area contributed by atoms with E-state index in [2.05, 4.69) is 10.7 Å². The van der Waals surface area contributed by atoms with Crippen LogP contribution >= 0.6 is 11.6 Å². The van der Waals surface area contributed by atoms with E-state index in [0.29, 0.717) is 23.8 Å². The Kier molecular flexibility index (Phi) is 12.4. The van der Waals surface area contributed by atoms with Gasteiger partial charge in [0.2, 0.25) is 5.28 Å². The number of carbonyl (C=O) groups is 3. The predicted molar refractivity (Wildman–Crippen MR) is 187 cm³/mol. The molecular weight excluding hydrogens is 704 g/mol. The molecule has 1 heterocycles. The maximum Gasteiger partial charge on any atom is 0.424 e. The molecule has 0 bridgehead atoms. The Morgan fingerprint density at radius 1 is 1.04 bits per heavy atom. The van der Waals surface area contributed by atoms with Gasteiger partial charge in [0.25, 0.3) is 22.7 Å². The average molecular weight is 745 g/mol. The standard InChI is InChI=1S/C34H41ClN6O9S/c1-7-38(8-2)41(45)37-49-22-48-32(43)27-14-11-12-24(19-27)21-39(33(44)50-34(4,5)6)51(46,47)30-20-26(16-17-28(30)35)31(42)36-40-23(3)18-25-13-9-10-15-29(25)40/h9-17,19-20,23H,7-8,18,21-22H2,1-6H3,(H,36,42)/b41-37-. The van der Waals surface area contributed by atoms with Crippen molar-refractivity contribution >= 4 is 45.3 Å². The fourth-order valence-electron chi connectivity index (χ4n) is 5.15. The van der Waals surface area contributed by atoms with Crippen molar-refractivity contribution in [3.63, 3.8) is 0 Å². The fourth-order valence-corrected chi connectivity index (χ4v) is 6.94. The quantitative estimate of drug-likeness (QED) is 0.0557. The molecule has 17 heteroatoms. The van der Waals surface area contributed by atoms with Crippen molar-refractivity contribution in [2.45, 2.75) is 71.0 Å². The molecule has 0 aromatic heterocycles. The minimum atomic E-state index is -4.77. The van der Waals surface area contributed by atoms with Gasteiger partial charge in [-0.05, 0) is 95.5 Å². The highest BCUT2D eigenvalue weighted by molar-refractivity contribution is 7.89. The van der Waals surface area contributed by atoms with Crippen molar-refractivity contribution in [3.05, 3.63) is 99.2 Å². The molecule has 1 aliphatic rings. The second-order valence-electron chi connectivity index (χ2n) is 12.5. The third kappa shape index (κ3) is 9.58. The Bertz CT molecular complexity index is 1900. The summed E-state index contributed by atoms with van der Waals surface area (Å²) in [6, 6.07) is 17.0. The summed E-state index contributed by atoms with van der Waals surface area (Å²) in [5.74, 6) is -1.45. The molecule has 2 amide bonds. The monoisotopic (exact) mass is 744 g/mol. The minimum absolute atomic E-state index is 0.00484. The molecule has 3 aromatic carbocycles. The van der Waals surface area contributed by atoms with Crippen LogP contribution in [0.15, 0.2) is 76.9 Å². The molecule has 0 saturated heterocycles. The number of hydrazine groups is 2. The van der Waals surface area contributed by atoms with Crippen molar-refractivity contribution in [1.82, 2.24) is 14.7 Å². The Balaban J connectivity index is 1.58. The first kappa shape index (κ1) is 38.7. The van der Waals surface area contributed by atoms with Crippen LogP contribution in [0.3, 0.4) is 0 Å². The number of carbonyl (C=O) groups excluding carboxylic acids is 3. The topological polar surface area (TPSA) is 173 Å². The van der Waals surface area contributed by atoms with Gasteiger partial charge in [0, 0.05) is 5.56 Å². The number of hydrogen-bond acceptors (Lipinski definition) is 11. The smallest absolute Gasteiger partial charge is 0.424 e. The molecular formula is C34H41ClN6O9S. The summed E-state index contributed by atoms with van der Waals surface area (Å²) >= 11 is 6.41. The summed E-state index contributed by atoms with van der Waals surface area (Å²) in [5, 5.41) is 18.0. The Morgan fingerprint density at radius 2 is 1.75 bits per heavy atom. The van der Waals surface area contributed by atoms with Crippen LogP contribution in [0, 0.1) is 5.21 Å². The first-order valence-electron chi connectivity index (χ1n) is 16.1. The Labute approximate surface area is 301 Å². The Morgan fingerprint density at radius 3 is 2.43 bits per heavy atom. The Hall–Kier alpha value is -5.09. The third-order valence-corrected chi connectivity index (χ3v) is 9.81. The second kappa shape index (κ2) is 16.3. The van der Waals surface area contributed by atoms with Crippen LogP contribution in [0.1, 0.15) is 73.4 Å². The number of sulfonamides is 1. The van der Waals surface area contributed by atoms with E-state index in [-0.39, 0.29) is 32.7 Å². The largest absolute Gasteiger partial charge is 0.569 e. The van der Waals surface area contributed by atoms with Gasteiger partial charge in [-0.15, -0.1) is 5.01 Å². The summed E-state index contributed by atoms with van der Waals surface area (Å²) in [6.45, 7) is 9.70. The fraction of sp³-hybridized carbons (Fsp3) is 0.382. The van der Waals surface area contributed by atoms with Gasteiger partial charge in [0.05, 0.1) is 46.9 Å². The van der Waals surface area contributed by atoms with Gasteiger partial charge in [-0.2, -0.15) is 4.31 Å². The molecule has 0 aliphatic carbocycles. The molecule has 1 aliphatic heterocycles. The van der Waals surface area contributed by atoms with Crippen LogP contribution < -0.4 is 10.4 Å². The molecule has 15 nitrogen and oxygen atoms in total. The van der Waals surface area contributed by atoms with Crippen LogP contribution in [0.2, 0.25) is 5.02 Å². The van der Waals surface area contributed by atoms with Gasteiger partial charge in [0.15, 0.2) is 0 Å². The number of hydrogen-bond donors (Lipinski definition) is 1. The van der Waals surface area contributed by atoms with Crippen molar-refractivity contribution in [2.75, 3.05) is 24.9 Å². The van der Waals surface area contributed by atoms with E-state index in [1.54, 1.807) is 39.6 Å². The predicted octanol–water partition coefficient (Wildman–Crippen LogP) is 5.83. The summed E-state index contributed by atoms with van der Waals surface area (Å²) < 4.78 is 39.4. The van der Waals surface area contributed by atoms with E-state index >= 15 is 0 Å². The van der Waals surface area contributed by atoms with Crippen molar-refractivity contribution < 1.29 is 42.1 Å². The van der Waals surface area contributed by atoms with Crippen molar-refractivity contribution in [1.29, 1.82) is 0 Å². The van der Waals surface area contributed by atoms with Gasteiger partial charge >= 0.3 is 12.1 Å². The van der Waals surface area contributed by atoms with E-state index in [4.69, 9.17) is 25.9 Å². The van der Waals surface area contributed by atoms with Crippen LogP contribution in [0.4, 0.5) is 10.5 Å². The molecule has 1 N–H and O–H groups in total. The zero-order chi connectivity index (χ0) is 37.5. The lowest BCUT2D eigenvalue weighted by Gasteiger charge is -2.28. The van der Waals surface area contributed by atoms with Gasteiger partial charge in [-0.1, -0.05) is 41.9 Å². The van der Waals surface area contributed by atoms with Gasteiger partial charge in [-0.25, -0.2) is 18.0 Å². The normalized spacial score (nSPS) is 14.4. The summed E-state index contributed by atoms with van der Waals surface area (Å²) in [5.41, 5.74) is 3.83. The average Bonchev–Trinajstić information content (AvgIpc) is 3.39. The lowest BCUT2D eigenvalue weighted by atomic mass is 10.1. The molecule has 0 saturated carbocycles. The van der Waals surface area contributed by atoms with Gasteiger partial charge in [-0.3, -0.25) is 15.2 Å². The second-order valence-corrected chi connectivity index (χ2v) is 14.7. The number of halogens is 1. The zero-order valence-corrected chi connectivity index (χ0v) is 30.7. The van der Waals surface area contributed by atoms with Gasteiger partial charge in [0.1, 0.15) is 10.5 Å². The van der Waals surface area contributed by atoms with Crippen LogP contribution in [0.5, 0.6) is 0 Å². The first-order chi connectivity index (χ1) is 24.0. The molecule has 274 valence electrons. The highest BCUT2D eigenvalue weighted by Gasteiger charge is 2.36. The number of nitrogens with zero attached hydrogens (tertiary/aromatic N) is 5. The van der Waals surface area contributed by atoms with Crippen molar-refractivity contribution in [2.24, 2.45) is 5.28 Å². The van der Waals surface area contributed by atoms with Gasteiger partial charge < -0.3 is 19.5 Å². The number of esters is 1. The van der Waals surface area contributed by atoms with E-state index in [1.165, 1.54) is 41.4 Å². The molecule has 1 unspecified atom stereocenters. The molecule has 0 radical (unpaired) electrons. The molecule has 4 rings (SSSR count). The van der Waals surface area contributed by atoms with Crippen LogP contribution in [-0.2, 0) is 37.3 Å². The molecule has 3 aromatic rings. The number of fused-ring (bicyclic) bond motifs is 1. The minimum Gasteiger partial charge on any atom is -0.569 e. The number of para-hydroxylation sites is 1. The molecule has 0 spiro atoms. The van der Waals surface area contributed by atoms with E-state index in [1.807, 2.05) is 31.2 Å². The maximum atomic E-state index is 14.2. The SMILES string of the molecule is CCN(CC)/[N+]([O-])=N/OCOC(=O)c1cccc(CN(C(=O)OC(C)(C)C)S(=O)(=O)c2cc(C(=O)NN3c4ccccc4CC3C)ccc2Cl)c1. The number of nitrogens with one attached hydrogen (secondary N) is 1. The first-order valence-corrected chi connectivity index (χ1v) is 17.9. The van der Waals surface area contributed by atoms with E-state index < -0.39 is 51.8 Å². The van der Waals surface area contributed by atoms with Crippen LogP contribution in [0.25, 0.3) is 0 Å². The number of ether oxygens (including phenoxy) is 2. The number of anilines is 1. The summed E-state index contributed by atoms with van der Waals surface area (Å²) in [7, 11) is -4.77. The number of benzene rings is 3. The lowest BCUT2D eigenvalue weighted by Crippen LogP contribution is -2.45. The zero-order valence-electron chi connectivity index (χ0n) is 29.2. The highest BCUT2D eigenvalue weighted by Crippen LogP contribution is 2.32. The van der Waals surface area contributed by atoms with Crippen LogP contribution in [-0.4, -0.2) is 72.2 Å². The van der Waals surface area contributed by atoms with E-state index in [9.17, 15) is 28.0 Å². The maximum absolute atomic E-state index is 14.2. The molecule has 51 heavy (non-hydrogen) atoms. The summed E-state index contributed by atoms with van der Waals surface area (Å²) in [4.78, 5) is 44.2. The third-order valence-electron chi connectivity index (χ3n) is 7.62. The summed E-state index contributed by atoms with van der Waals surface area (Å²) in [6.07, 6.45) is -0.504. The van der Waals surface area contributed by atoms with E-state index in [0.717, 1.165) is 17.3 Å². The lowest BCUT2D eigenvalue weighted by molar-refractivity contribution is -0.710. The highest BCUT2D eigenvalue weighted by atomic mass is 35.5. The number of rotatable bonds is 13. The molecule has 1 atom stereocenters. The van der Waals surface area contributed by atoms with Crippen molar-refractivity contribution in [3.8, 4) is 0 Å².